The van der Waals surface area contributed by atoms with Crippen molar-refractivity contribution < 1.29 is 19.1 Å². The number of rotatable bonds is 3. The smallest absolute Gasteiger partial charge is 0.336 e. The lowest BCUT2D eigenvalue weighted by Crippen LogP contribution is -2.58. The fourth-order valence-electron chi connectivity index (χ4n) is 3.75. The fraction of sp³-hybridized carbons (Fsp3) is 0.263. The molecule has 0 aromatic heterocycles. The van der Waals surface area contributed by atoms with Gasteiger partial charge in [0.15, 0.2) is 6.23 Å². The zero-order valence-electron chi connectivity index (χ0n) is 14.3. The van der Waals surface area contributed by atoms with Crippen LogP contribution in [0.5, 0.6) is 0 Å². The van der Waals surface area contributed by atoms with Crippen molar-refractivity contribution in [2.24, 2.45) is 0 Å². The summed E-state index contributed by atoms with van der Waals surface area (Å²) in [6.45, 7) is 0. The van der Waals surface area contributed by atoms with Gasteiger partial charge in [-0.25, -0.2) is 9.69 Å². The highest BCUT2D eigenvalue weighted by atomic mass is 79.9. The summed E-state index contributed by atoms with van der Waals surface area (Å²) in [5.74, 6) is -0.449. The average molecular weight is 417 g/mol. The van der Waals surface area contributed by atoms with Gasteiger partial charge in [-0.2, -0.15) is 0 Å². The number of anilines is 1. The van der Waals surface area contributed by atoms with E-state index in [-0.39, 0.29) is 0 Å². The topological polar surface area (TPSA) is 59.1 Å². The van der Waals surface area contributed by atoms with E-state index in [0.29, 0.717) is 5.69 Å². The van der Waals surface area contributed by atoms with Gasteiger partial charge in [-0.1, -0.05) is 58.4 Å². The molecule has 26 heavy (non-hydrogen) atoms. The third kappa shape index (κ3) is 2.05. The highest BCUT2D eigenvalue weighted by Crippen LogP contribution is 2.54. The van der Waals surface area contributed by atoms with Crippen LogP contribution in [0.2, 0.25) is 0 Å². The molecule has 2 aliphatic heterocycles. The van der Waals surface area contributed by atoms with Gasteiger partial charge in [-0.05, 0) is 17.7 Å². The van der Waals surface area contributed by atoms with Gasteiger partial charge in [0, 0.05) is 19.8 Å². The van der Waals surface area contributed by atoms with Gasteiger partial charge >= 0.3 is 6.03 Å². The number of imide groups is 1. The number of fused-ring (bicyclic) bond motifs is 2. The molecule has 6 nitrogen and oxygen atoms in total. The SMILES string of the molecule is COC1c2ccccc2C(Br)C2(OC)C(=O)N(c3ccccc3)C(=O)N12. The Labute approximate surface area is 159 Å². The Morgan fingerprint density at radius 2 is 1.58 bits per heavy atom. The minimum atomic E-state index is -1.53. The van der Waals surface area contributed by atoms with E-state index in [9.17, 15) is 9.59 Å². The molecule has 0 spiro atoms. The van der Waals surface area contributed by atoms with Gasteiger partial charge in [-0.15, -0.1) is 0 Å². The van der Waals surface area contributed by atoms with Crippen LogP contribution < -0.4 is 4.90 Å². The maximum absolute atomic E-state index is 13.4. The van der Waals surface area contributed by atoms with Crippen molar-refractivity contribution in [2.75, 3.05) is 19.1 Å². The minimum Gasteiger partial charge on any atom is -0.357 e. The third-order valence-corrected chi connectivity index (χ3v) is 6.04. The van der Waals surface area contributed by atoms with Crippen LogP contribution in [0.25, 0.3) is 0 Å². The van der Waals surface area contributed by atoms with E-state index in [2.05, 4.69) is 15.9 Å². The predicted molar refractivity (Wildman–Crippen MR) is 98.8 cm³/mol. The molecule has 2 heterocycles. The van der Waals surface area contributed by atoms with Crippen LogP contribution in [0.3, 0.4) is 0 Å². The number of para-hydroxylation sites is 1. The summed E-state index contributed by atoms with van der Waals surface area (Å²) in [5, 5.41) is 0. The minimum absolute atomic E-state index is 0.449. The molecule has 3 unspecified atom stereocenters. The van der Waals surface area contributed by atoms with Crippen molar-refractivity contribution in [2.45, 2.75) is 16.8 Å². The summed E-state index contributed by atoms with van der Waals surface area (Å²) in [5.41, 5.74) is 0.642. The second-order valence-corrected chi connectivity index (χ2v) is 7.02. The molecular weight excluding hydrogens is 400 g/mol. The van der Waals surface area contributed by atoms with Gasteiger partial charge in [0.05, 0.1) is 10.5 Å². The molecule has 0 saturated carbocycles. The van der Waals surface area contributed by atoms with Crippen molar-refractivity contribution in [3.05, 3.63) is 65.7 Å². The summed E-state index contributed by atoms with van der Waals surface area (Å²) < 4.78 is 11.4. The number of carbonyl (C=O) groups excluding carboxylic acids is 2. The normalized spacial score (nSPS) is 27.5. The number of carbonyl (C=O) groups is 2. The lowest BCUT2D eigenvalue weighted by molar-refractivity contribution is -0.182. The number of urea groups is 1. The molecule has 0 N–H and O–H groups in total. The molecule has 3 amide bonds. The molecule has 2 aliphatic rings. The Morgan fingerprint density at radius 1 is 0.962 bits per heavy atom. The van der Waals surface area contributed by atoms with Crippen molar-refractivity contribution in [1.82, 2.24) is 4.90 Å². The van der Waals surface area contributed by atoms with E-state index in [1.807, 2.05) is 30.3 Å². The average Bonchev–Trinajstić information content (AvgIpc) is 2.91. The molecule has 3 atom stereocenters. The Hall–Kier alpha value is -2.22. The molecule has 0 aliphatic carbocycles. The zero-order chi connectivity index (χ0) is 18.5. The molecule has 2 aromatic carbocycles. The molecule has 0 radical (unpaired) electrons. The number of halogens is 1. The molecule has 0 bridgehead atoms. The number of ether oxygens (including phenoxy) is 2. The van der Waals surface area contributed by atoms with Crippen LogP contribution in [0.1, 0.15) is 22.2 Å². The molecule has 4 rings (SSSR count). The van der Waals surface area contributed by atoms with Crippen LogP contribution in [-0.4, -0.2) is 36.8 Å². The van der Waals surface area contributed by atoms with Gasteiger partial charge in [0.1, 0.15) is 0 Å². The summed E-state index contributed by atoms with van der Waals surface area (Å²) in [4.78, 5) is 28.7. The van der Waals surface area contributed by atoms with Gasteiger partial charge < -0.3 is 9.47 Å². The number of hydrogen-bond acceptors (Lipinski definition) is 4. The first-order valence-corrected chi connectivity index (χ1v) is 9.03. The first kappa shape index (κ1) is 17.2. The van der Waals surface area contributed by atoms with Crippen LogP contribution >= 0.6 is 15.9 Å². The number of hydrogen-bond donors (Lipinski definition) is 0. The van der Waals surface area contributed by atoms with Gasteiger partial charge in [0.2, 0.25) is 5.72 Å². The largest absolute Gasteiger partial charge is 0.357 e. The standard InChI is InChI=1S/C19H17BrN2O4/c1-25-16-14-11-7-6-10-13(14)15(20)19(26-2)17(23)21(18(24)22(16)19)12-8-4-3-5-9-12/h3-11,15-16H,1-2H3. The maximum Gasteiger partial charge on any atom is 0.336 e. The number of alkyl halides is 1. The molecular formula is C19H17BrN2O4. The highest BCUT2D eigenvalue weighted by molar-refractivity contribution is 9.09. The van der Waals surface area contributed by atoms with Crippen molar-refractivity contribution in [1.29, 1.82) is 0 Å². The molecule has 2 aromatic rings. The van der Waals surface area contributed by atoms with Gasteiger partial charge in [-0.3, -0.25) is 9.69 Å². The van der Waals surface area contributed by atoms with E-state index in [4.69, 9.17) is 9.47 Å². The first-order valence-electron chi connectivity index (χ1n) is 8.11. The fourth-order valence-corrected chi connectivity index (χ4v) is 4.77. The number of amides is 3. The quantitative estimate of drug-likeness (QED) is 0.566. The van der Waals surface area contributed by atoms with Gasteiger partial charge in [0.25, 0.3) is 5.91 Å². The van der Waals surface area contributed by atoms with E-state index < -0.39 is 28.7 Å². The van der Waals surface area contributed by atoms with Crippen molar-refractivity contribution >= 4 is 33.6 Å². The summed E-state index contributed by atoms with van der Waals surface area (Å²) in [6.07, 6.45) is -0.731. The van der Waals surface area contributed by atoms with Crippen molar-refractivity contribution in [3.63, 3.8) is 0 Å². The maximum atomic E-state index is 13.4. The zero-order valence-corrected chi connectivity index (χ0v) is 15.8. The molecule has 1 fully saturated rings. The lowest BCUT2D eigenvalue weighted by Gasteiger charge is -2.45. The van der Waals surface area contributed by atoms with Crippen LogP contribution in [0.4, 0.5) is 10.5 Å². The van der Waals surface area contributed by atoms with E-state index in [0.717, 1.165) is 16.0 Å². The lowest BCUT2D eigenvalue weighted by atomic mass is 9.90. The first-order chi connectivity index (χ1) is 12.6. The van der Waals surface area contributed by atoms with E-state index in [1.54, 1.807) is 24.3 Å². The second kappa shape index (κ2) is 6.19. The molecule has 1 saturated heterocycles. The van der Waals surface area contributed by atoms with Crippen LogP contribution in [-0.2, 0) is 14.3 Å². The summed E-state index contributed by atoms with van der Waals surface area (Å²) in [7, 11) is 2.95. The Kier molecular flexibility index (Phi) is 4.10. The Morgan fingerprint density at radius 3 is 2.19 bits per heavy atom. The molecule has 7 heteroatoms. The summed E-state index contributed by atoms with van der Waals surface area (Å²) >= 11 is 3.61. The molecule has 134 valence electrons. The monoisotopic (exact) mass is 416 g/mol. The predicted octanol–water partition coefficient (Wildman–Crippen LogP) is 3.59. The van der Waals surface area contributed by atoms with Crippen LogP contribution in [0, 0.1) is 0 Å². The van der Waals surface area contributed by atoms with E-state index >= 15 is 0 Å². The van der Waals surface area contributed by atoms with E-state index in [1.165, 1.54) is 19.1 Å². The second-order valence-electron chi connectivity index (χ2n) is 6.11. The Bertz CT molecular complexity index is 875. The Balaban J connectivity index is 1.94. The third-order valence-electron chi connectivity index (χ3n) is 4.93. The number of benzene rings is 2. The highest BCUT2D eigenvalue weighted by Gasteiger charge is 2.67. The number of nitrogens with zero attached hydrogens (tertiary/aromatic N) is 2. The number of methoxy groups -OCH3 is 2. The van der Waals surface area contributed by atoms with Crippen LogP contribution in [0.15, 0.2) is 54.6 Å². The van der Waals surface area contributed by atoms with Crippen molar-refractivity contribution in [3.8, 4) is 0 Å². The summed E-state index contributed by atoms with van der Waals surface area (Å²) in [6, 6.07) is 15.9.